The van der Waals surface area contributed by atoms with Crippen molar-refractivity contribution in [3.05, 3.63) is 211 Å². The molecule has 0 aliphatic carbocycles. The van der Waals surface area contributed by atoms with Crippen LogP contribution in [-0.4, -0.2) is 27.2 Å². The molecule has 294 valence electrons. The van der Waals surface area contributed by atoms with Gasteiger partial charge in [0.2, 0.25) is 0 Å². The highest BCUT2D eigenvalue weighted by molar-refractivity contribution is 7.97. The summed E-state index contributed by atoms with van der Waals surface area (Å²) in [6, 6.07) is 69.4. The fourth-order valence-corrected chi connectivity index (χ4v) is 9.49. The maximum atomic E-state index is 10.7. The number of rotatable bonds is 7. The SMILES string of the molecule is Cc1ccc(S(=O)O)cc1.Cc1ccc([S+](c2ccccc2)c2ccccc2)cc1.O=S(=O)(O)C(F)(F)F.c1ccc([S+](c2ccccc2)c2ccccc2)cc1. The third kappa shape index (κ3) is 14.5. The smallest absolute Gasteiger partial charge is 0.302 e. The zero-order valence-corrected chi connectivity index (χ0v) is 34.2. The van der Waals surface area contributed by atoms with E-state index in [0.29, 0.717) is 4.90 Å². The van der Waals surface area contributed by atoms with Crippen molar-refractivity contribution in [1.82, 2.24) is 0 Å². The molecular formula is C45H41F3O5S4+2. The van der Waals surface area contributed by atoms with Crippen molar-refractivity contribution in [2.75, 3.05) is 0 Å². The third-order valence-corrected chi connectivity index (χ3v) is 13.4. The van der Waals surface area contributed by atoms with Gasteiger partial charge in [-0.05, 0) is 98.8 Å². The zero-order chi connectivity index (χ0) is 41.3. The maximum absolute atomic E-state index is 10.7. The Balaban J connectivity index is 0.000000180. The first-order chi connectivity index (χ1) is 27.2. The van der Waals surface area contributed by atoms with E-state index in [9.17, 15) is 17.4 Å². The molecule has 7 aromatic carbocycles. The van der Waals surface area contributed by atoms with E-state index >= 15 is 0 Å². The van der Waals surface area contributed by atoms with Gasteiger partial charge in [0.1, 0.15) is 0 Å². The Labute approximate surface area is 341 Å². The van der Waals surface area contributed by atoms with Crippen LogP contribution in [0.15, 0.2) is 234 Å². The molecule has 1 unspecified atom stereocenters. The van der Waals surface area contributed by atoms with Gasteiger partial charge < -0.3 is 4.55 Å². The van der Waals surface area contributed by atoms with Crippen LogP contribution < -0.4 is 0 Å². The van der Waals surface area contributed by atoms with Crippen molar-refractivity contribution in [3.8, 4) is 0 Å². The van der Waals surface area contributed by atoms with Crippen LogP contribution in [0.25, 0.3) is 0 Å². The summed E-state index contributed by atoms with van der Waals surface area (Å²) >= 11 is -1.84. The second-order valence-corrected chi connectivity index (χ2v) is 18.4. The van der Waals surface area contributed by atoms with Crippen molar-refractivity contribution in [2.24, 2.45) is 0 Å². The van der Waals surface area contributed by atoms with Crippen LogP contribution >= 0.6 is 0 Å². The Kier molecular flexibility index (Phi) is 17.4. The third-order valence-electron chi connectivity index (χ3n) is 7.67. The highest BCUT2D eigenvalue weighted by atomic mass is 32.2. The molecule has 0 radical (unpaired) electrons. The highest BCUT2D eigenvalue weighted by Crippen LogP contribution is 2.32. The minimum absolute atomic E-state index is 0.0146. The molecule has 2 N–H and O–H groups in total. The molecule has 57 heavy (non-hydrogen) atoms. The van der Waals surface area contributed by atoms with E-state index in [1.165, 1.54) is 34.9 Å². The fraction of sp³-hybridized carbons (Fsp3) is 0.0667. The number of benzene rings is 7. The summed E-state index contributed by atoms with van der Waals surface area (Å²) < 4.78 is 76.6. The molecule has 0 aliphatic heterocycles. The van der Waals surface area contributed by atoms with Crippen LogP contribution in [0.1, 0.15) is 11.1 Å². The molecule has 0 saturated heterocycles. The lowest BCUT2D eigenvalue weighted by atomic mass is 10.2. The van der Waals surface area contributed by atoms with Crippen LogP contribution in [0.5, 0.6) is 0 Å². The van der Waals surface area contributed by atoms with E-state index in [0.717, 1.165) is 5.56 Å². The van der Waals surface area contributed by atoms with Gasteiger partial charge in [-0.2, -0.15) is 21.6 Å². The van der Waals surface area contributed by atoms with Gasteiger partial charge in [-0.1, -0.05) is 126 Å². The number of halogens is 3. The van der Waals surface area contributed by atoms with Crippen LogP contribution in [0, 0.1) is 13.8 Å². The first-order valence-electron chi connectivity index (χ1n) is 17.3. The van der Waals surface area contributed by atoms with Gasteiger partial charge in [0.05, 0.1) is 26.7 Å². The second kappa shape index (κ2) is 22.1. The minimum atomic E-state index is -5.84. The largest absolute Gasteiger partial charge is 0.522 e. The van der Waals surface area contributed by atoms with Gasteiger partial charge in [0.15, 0.2) is 40.5 Å². The fourth-order valence-electron chi connectivity index (χ4n) is 4.93. The average Bonchev–Trinajstić information content (AvgIpc) is 3.21. The van der Waals surface area contributed by atoms with Crippen molar-refractivity contribution >= 4 is 43.0 Å². The lowest BCUT2D eigenvalue weighted by molar-refractivity contribution is -0.0510. The normalized spacial score (nSPS) is 11.5. The molecule has 0 fully saturated rings. The Bertz CT molecular complexity index is 2200. The topological polar surface area (TPSA) is 91.7 Å². The summed E-state index contributed by atoms with van der Waals surface area (Å²) in [6.45, 7) is 4.07. The van der Waals surface area contributed by atoms with E-state index in [2.05, 4.69) is 183 Å². The van der Waals surface area contributed by atoms with Crippen molar-refractivity contribution in [2.45, 2.75) is 53.6 Å². The summed E-state index contributed by atoms with van der Waals surface area (Å²) in [5, 5.41) is 0. The number of hydrogen-bond acceptors (Lipinski definition) is 3. The quantitative estimate of drug-likeness (QED) is 0.0721. The van der Waals surface area contributed by atoms with Crippen LogP contribution in [-0.2, 0) is 43.0 Å². The molecule has 0 saturated carbocycles. The van der Waals surface area contributed by atoms with E-state index in [1.54, 1.807) is 12.1 Å². The van der Waals surface area contributed by atoms with Crippen LogP contribution in [0.4, 0.5) is 13.2 Å². The zero-order valence-electron chi connectivity index (χ0n) is 30.9. The number of aryl methyl sites for hydroxylation is 2. The molecule has 0 spiro atoms. The first-order valence-corrected chi connectivity index (χ1v) is 22.3. The molecule has 7 aromatic rings. The summed E-state index contributed by atoms with van der Waals surface area (Å²) in [7, 11) is -5.88. The summed E-state index contributed by atoms with van der Waals surface area (Å²) in [6.07, 6.45) is 0. The predicted molar refractivity (Wildman–Crippen MR) is 226 cm³/mol. The minimum Gasteiger partial charge on any atom is -0.302 e. The summed E-state index contributed by atoms with van der Waals surface area (Å²) in [4.78, 5) is 8.63. The maximum Gasteiger partial charge on any atom is 0.522 e. The van der Waals surface area contributed by atoms with Gasteiger partial charge in [-0.15, -0.1) is 0 Å². The molecule has 1 atom stereocenters. The molecule has 0 aromatic heterocycles. The first kappa shape index (κ1) is 44.8. The average molecular weight is 847 g/mol. The Morgan fingerprint density at radius 3 is 0.860 bits per heavy atom. The number of alkyl halides is 3. The summed E-state index contributed by atoms with van der Waals surface area (Å²) in [5.41, 5.74) is -3.14. The molecule has 0 aliphatic rings. The van der Waals surface area contributed by atoms with Crippen molar-refractivity contribution in [1.29, 1.82) is 0 Å². The predicted octanol–water partition coefficient (Wildman–Crippen LogP) is 11.8. The van der Waals surface area contributed by atoms with Crippen molar-refractivity contribution in [3.63, 3.8) is 0 Å². The monoisotopic (exact) mass is 846 g/mol. The molecule has 0 bridgehead atoms. The molecule has 0 heterocycles. The molecule has 5 nitrogen and oxygen atoms in total. The van der Waals surface area contributed by atoms with E-state index in [-0.39, 0.29) is 21.8 Å². The van der Waals surface area contributed by atoms with Crippen LogP contribution in [0.3, 0.4) is 0 Å². The Hall–Kier alpha value is -4.95. The highest BCUT2D eigenvalue weighted by Gasteiger charge is 2.44. The van der Waals surface area contributed by atoms with Gasteiger partial charge in [-0.3, -0.25) is 4.55 Å². The van der Waals surface area contributed by atoms with Gasteiger partial charge in [0.25, 0.3) is 0 Å². The number of hydrogen-bond donors (Lipinski definition) is 2. The summed E-state index contributed by atoms with van der Waals surface area (Å²) in [5.74, 6) is 0. The Morgan fingerprint density at radius 2 is 0.649 bits per heavy atom. The molecule has 0 amide bonds. The molecule has 12 heteroatoms. The standard InChI is InChI=1S/C19H17S.C18H15S.C7H8O2S.CHF3O3S/c1-16-12-14-19(15-13-16)20(17-8-4-2-5-9-17)18-10-6-3-7-11-18;1-4-10-16(11-5-1)19(17-12-6-2-7-13-17)18-14-8-3-9-15-18;1-6-2-4-7(5-3-6)10(8)9;2-1(3,4)8(5,6)7/h2-15H,1H3;1-15H;2-5H,1H3,(H,8,9);(H,5,6,7)/q2*+1;;. The van der Waals surface area contributed by atoms with E-state index < -0.39 is 26.7 Å². The van der Waals surface area contributed by atoms with Crippen molar-refractivity contribution < 1.29 is 34.9 Å². The van der Waals surface area contributed by atoms with Gasteiger partial charge in [0, 0.05) is 0 Å². The van der Waals surface area contributed by atoms with Gasteiger partial charge in [-0.25, -0.2) is 4.21 Å². The molecular weight excluding hydrogens is 806 g/mol. The van der Waals surface area contributed by atoms with Crippen LogP contribution in [0.2, 0.25) is 0 Å². The lowest BCUT2D eigenvalue weighted by Crippen LogP contribution is -2.21. The molecule has 7 rings (SSSR count). The Morgan fingerprint density at radius 1 is 0.439 bits per heavy atom. The lowest BCUT2D eigenvalue weighted by Gasteiger charge is -2.07. The van der Waals surface area contributed by atoms with Gasteiger partial charge >= 0.3 is 15.6 Å². The van der Waals surface area contributed by atoms with E-state index in [1.807, 2.05) is 19.1 Å². The second-order valence-electron chi connectivity index (χ2n) is 12.0. The van der Waals surface area contributed by atoms with E-state index in [4.69, 9.17) is 17.5 Å².